The van der Waals surface area contributed by atoms with Gasteiger partial charge in [0.05, 0.1) is 24.3 Å². The van der Waals surface area contributed by atoms with Crippen LogP contribution in [0.3, 0.4) is 0 Å². The number of rotatable bonds is 2. The monoisotopic (exact) mass is 239 g/mol. The predicted molar refractivity (Wildman–Crippen MR) is 59.6 cm³/mol. The third-order valence-electron chi connectivity index (χ3n) is 2.73. The third kappa shape index (κ3) is 1.69. The topological polar surface area (TPSA) is 78.2 Å². The van der Waals surface area contributed by atoms with E-state index in [-0.39, 0.29) is 0 Å². The molecule has 0 amide bonds. The van der Waals surface area contributed by atoms with Crippen LogP contribution in [-0.4, -0.2) is 18.3 Å². The molecule has 0 saturated carbocycles. The number of aliphatic hydroxyl groups is 1. The Hall–Kier alpha value is -1.42. The maximum atomic E-state index is 9.92. The molecule has 0 aliphatic heterocycles. The van der Waals surface area contributed by atoms with Crippen molar-refractivity contribution in [2.75, 3.05) is 7.11 Å². The Bertz CT molecular complexity index is 471. The van der Waals surface area contributed by atoms with Crippen LogP contribution in [0.25, 0.3) is 10.4 Å². The Balaban J connectivity index is 2.44. The van der Waals surface area contributed by atoms with Crippen molar-refractivity contribution in [3.05, 3.63) is 38.7 Å². The number of hydrogen-bond acceptors (Lipinski definition) is 3. The summed E-state index contributed by atoms with van der Waals surface area (Å²) in [6, 6.07) is 2.98. The first-order valence-corrected chi connectivity index (χ1v) is 5.13. The number of ether oxygens (including phenoxy) is 1. The number of hydrogen-bond donors (Lipinski definition) is 1. The molecule has 84 valence electrons. The first kappa shape index (κ1) is 11.1. The van der Waals surface area contributed by atoms with Crippen molar-refractivity contribution in [3.8, 4) is 5.75 Å². The van der Waals surface area contributed by atoms with E-state index in [1.54, 1.807) is 12.1 Å². The number of nitrogens with zero attached hydrogens (tertiary/aromatic N) is 3. The second-order valence-electron chi connectivity index (χ2n) is 3.61. The molecule has 1 aliphatic carbocycles. The Kier molecular flexibility index (Phi) is 2.92. The SMILES string of the molecule is COc1cc2c(cc1Cl)C[C@@H](N=[N+]=[N-])[C@@H]2O. The number of aliphatic hydroxyl groups excluding tert-OH is 1. The van der Waals surface area contributed by atoms with E-state index >= 15 is 0 Å². The highest BCUT2D eigenvalue weighted by atomic mass is 35.5. The lowest BCUT2D eigenvalue weighted by Crippen LogP contribution is -2.09. The van der Waals surface area contributed by atoms with Crippen molar-refractivity contribution in [2.45, 2.75) is 18.6 Å². The van der Waals surface area contributed by atoms with E-state index in [0.717, 1.165) is 11.1 Å². The van der Waals surface area contributed by atoms with Gasteiger partial charge in [0, 0.05) is 4.91 Å². The van der Waals surface area contributed by atoms with Gasteiger partial charge in [0.2, 0.25) is 0 Å². The molecule has 1 aliphatic rings. The standard InChI is InChI=1S/C10H10ClN3O2/c1-16-9-4-6-5(2-7(9)11)3-8(10(6)15)13-14-12/h2,4,8,10,15H,3H2,1H3/t8-,10-/m1/s1. The summed E-state index contributed by atoms with van der Waals surface area (Å²) in [4.78, 5) is 2.72. The summed E-state index contributed by atoms with van der Waals surface area (Å²) in [6.07, 6.45) is -0.276. The van der Waals surface area contributed by atoms with Gasteiger partial charge in [-0.05, 0) is 35.2 Å². The van der Waals surface area contributed by atoms with Crippen molar-refractivity contribution in [1.29, 1.82) is 0 Å². The molecule has 1 aromatic carbocycles. The zero-order valence-electron chi connectivity index (χ0n) is 8.59. The van der Waals surface area contributed by atoms with E-state index in [1.165, 1.54) is 7.11 Å². The molecule has 0 fully saturated rings. The molecule has 0 spiro atoms. The molecule has 0 saturated heterocycles. The fourth-order valence-corrected chi connectivity index (χ4v) is 2.20. The van der Waals surface area contributed by atoms with Gasteiger partial charge in [-0.25, -0.2) is 0 Å². The fourth-order valence-electron chi connectivity index (χ4n) is 1.93. The lowest BCUT2D eigenvalue weighted by atomic mass is 10.1. The van der Waals surface area contributed by atoms with Crippen LogP contribution in [0.2, 0.25) is 5.02 Å². The van der Waals surface area contributed by atoms with E-state index in [0.29, 0.717) is 17.2 Å². The summed E-state index contributed by atoms with van der Waals surface area (Å²) in [7, 11) is 1.51. The average molecular weight is 240 g/mol. The first-order chi connectivity index (χ1) is 7.67. The largest absolute Gasteiger partial charge is 0.495 e. The van der Waals surface area contributed by atoms with Crippen molar-refractivity contribution < 1.29 is 9.84 Å². The fraction of sp³-hybridized carbons (Fsp3) is 0.400. The number of methoxy groups -OCH3 is 1. The van der Waals surface area contributed by atoms with Gasteiger partial charge in [-0.2, -0.15) is 0 Å². The summed E-state index contributed by atoms with van der Waals surface area (Å²) in [5, 5.41) is 14.0. The van der Waals surface area contributed by atoms with Crippen molar-refractivity contribution in [1.82, 2.24) is 0 Å². The second-order valence-corrected chi connectivity index (χ2v) is 4.01. The molecule has 2 atom stereocenters. The van der Waals surface area contributed by atoms with E-state index in [1.807, 2.05) is 0 Å². The minimum atomic E-state index is -0.780. The third-order valence-corrected chi connectivity index (χ3v) is 3.02. The Labute approximate surface area is 97.2 Å². The quantitative estimate of drug-likeness (QED) is 0.489. The molecule has 1 aromatic rings. The smallest absolute Gasteiger partial charge is 0.137 e. The number of fused-ring (bicyclic) bond motifs is 1. The van der Waals surface area contributed by atoms with Gasteiger partial charge >= 0.3 is 0 Å². The van der Waals surface area contributed by atoms with Gasteiger partial charge in [-0.3, -0.25) is 0 Å². The van der Waals surface area contributed by atoms with Crippen LogP contribution in [0, 0.1) is 0 Å². The van der Waals surface area contributed by atoms with Gasteiger partial charge in [0.25, 0.3) is 0 Å². The van der Waals surface area contributed by atoms with Gasteiger partial charge < -0.3 is 9.84 Å². The number of azide groups is 1. The second kappa shape index (κ2) is 4.22. The molecule has 0 aromatic heterocycles. The normalized spacial score (nSPS) is 22.4. The van der Waals surface area contributed by atoms with Crippen molar-refractivity contribution >= 4 is 11.6 Å². The lowest BCUT2D eigenvalue weighted by Gasteiger charge is -2.10. The molecule has 6 heteroatoms. The van der Waals surface area contributed by atoms with Gasteiger partial charge in [0.15, 0.2) is 0 Å². The Morgan fingerprint density at radius 2 is 2.38 bits per heavy atom. The Morgan fingerprint density at radius 3 is 3.00 bits per heavy atom. The van der Waals surface area contributed by atoms with Crippen LogP contribution in [0.15, 0.2) is 17.2 Å². The summed E-state index contributed by atoms with van der Waals surface area (Å²) in [5.74, 6) is 0.515. The van der Waals surface area contributed by atoms with Crippen LogP contribution in [0.4, 0.5) is 0 Å². The molecule has 0 radical (unpaired) electrons. The van der Waals surface area contributed by atoms with Gasteiger partial charge in [-0.15, -0.1) is 0 Å². The molecular formula is C10H10ClN3O2. The maximum Gasteiger partial charge on any atom is 0.137 e. The maximum absolute atomic E-state index is 9.92. The van der Waals surface area contributed by atoms with Crippen LogP contribution >= 0.6 is 11.6 Å². The van der Waals surface area contributed by atoms with Crippen LogP contribution in [0.1, 0.15) is 17.2 Å². The predicted octanol–water partition coefficient (Wildman–Crippen LogP) is 2.62. The summed E-state index contributed by atoms with van der Waals surface area (Å²) in [6.45, 7) is 0. The highest BCUT2D eigenvalue weighted by Gasteiger charge is 2.31. The number of halogens is 1. The van der Waals surface area contributed by atoms with Crippen molar-refractivity contribution in [3.63, 3.8) is 0 Å². The molecule has 0 bridgehead atoms. The molecule has 16 heavy (non-hydrogen) atoms. The molecule has 0 heterocycles. The average Bonchev–Trinajstić information content (AvgIpc) is 2.55. The summed E-state index contributed by atoms with van der Waals surface area (Å²) >= 11 is 5.97. The zero-order chi connectivity index (χ0) is 11.7. The van der Waals surface area contributed by atoms with E-state index in [4.69, 9.17) is 21.9 Å². The lowest BCUT2D eigenvalue weighted by molar-refractivity contribution is 0.159. The zero-order valence-corrected chi connectivity index (χ0v) is 9.35. The summed E-state index contributed by atoms with van der Waals surface area (Å²) in [5.41, 5.74) is 10.00. The van der Waals surface area contributed by atoms with Gasteiger partial charge in [0.1, 0.15) is 5.75 Å². The van der Waals surface area contributed by atoms with Crippen molar-refractivity contribution in [2.24, 2.45) is 5.11 Å². The molecular weight excluding hydrogens is 230 g/mol. The molecule has 1 N–H and O–H groups in total. The minimum Gasteiger partial charge on any atom is -0.495 e. The van der Waals surface area contributed by atoms with E-state index in [2.05, 4.69) is 10.0 Å². The number of benzene rings is 1. The van der Waals surface area contributed by atoms with E-state index in [9.17, 15) is 5.11 Å². The summed E-state index contributed by atoms with van der Waals surface area (Å²) < 4.78 is 5.07. The molecule has 5 nitrogen and oxygen atoms in total. The van der Waals surface area contributed by atoms with Gasteiger partial charge in [-0.1, -0.05) is 16.7 Å². The van der Waals surface area contributed by atoms with Crippen LogP contribution in [-0.2, 0) is 6.42 Å². The molecule has 2 rings (SSSR count). The first-order valence-electron chi connectivity index (χ1n) is 4.76. The highest BCUT2D eigenvalue weighted by Crippen LogP contribution is 2.39. The van der Waals surface area contributed by atoms with E-state index < -0.39 is 12.1 Å². The Morgan fingerprint density at radius 1 is 1.62 bits per heavy atom. The molecule has 0 unspecified atom stereocenters. The highest BCUT2D eigenvalue weighted by molar-refractivity contribution is 6.32. The van der Waals surface area contributed by atoms with Crippen LogP contribution in [0.5, 0.6) is 5.75 Å². The minimum absolute atomic E-state index is 0.455. The van der Waals surface area contributed by atoms with Crippen LogP contribution < -0.4 is 4.74 Å².